The van der Waals surface area contributed by atoms with Crippen LogP contribution in [-0.2, 0) is 4.79 Å². The summed E-state index contributed by atoms with van der Waals surface area (Å²) >= 11 is 8.04. The average molecular weight is 192 g/mol. The molecule has 0 aliphatic heterocycles. The lowest BCUT2D eigenvalue weighted by atomic mass is 10.1. The Balaban J connectivity index is 3.68. The zero-order chi connectivity index (χ0) is 8.85. The van der Waals surface area contributed by atoms with Gasteiger partial charge in [0.1, 0.15) is 0 Å². The van der Waals surface area contributed by atoms with Gasteiger partial charge in [-0.1, -0.05) is 11.6 Å². The van der Waals surface area contributed by atoms with Crippen molar-refractivity contribution < 1.29 is 9.90 Å². The number of aliphatic carboxylic acids is 1. The molecule has 0 amide bonds. The Morgan fingerprint density at radius 2 is 2.09 bits per heavy atom. The first-order valence-electron chi connectivity index (χ1n) is 3.27. The van der Waals surface area contributed by atoms with Gasteiger partial charge in [-0.2, -0.15) is 25.3 Å². The Morgan fingerprint density at radius 3 is 2.45 bits per heavy atom. The molecule has 0 aromatic heterocycles. The van der Waals surface area contributed by atoms with Crippen molar-refractivity contribution in [2.45, 2.75) is 24.3 Å². The highest BCUT2D eigenvalue weighted by Crippen LogP contribution is 2.10. The molecule has 1 N–H and O–H groups in total. The fourth-order valence-corrected chi connectivity index (χ4v) is 1.15. The van der Waals surface area contributed by atoms with Gasteiger partial charge in [-0.25, -0.2) is 0 Å². The summed E-state index contributed by atoms with van der Waals surface area (Å²) < 4.78 is -0.0937. The van der Waals surface area contributed by atoms with Crippen LogP contribution in [0.3, 0.4) is 0 Å². The summed E-state index contributed by atoms with van der Waals surface area (Å²) in [6.45, 7) is 1.88. The van der Waals surface area contributed by atoms with Crippen molar-refractivity contribution in [3.63, 3.8) is 0 Å². The first-order chi connectivity index (χ1) is 5.02. The summed E-state index contributed by atoms with van der Waals surface area (Å²) in [5, 5.41) is 8.33. The van der Waals surface area contributed by atoms with Crippen LogP contribution in [0.1, 0.15) is 19.8 Å². The number of allylic oxidation sites excluding steroid dienone is 1. The van der Waals surface area contributed by atoms with Crippen LogP contribution in [0.4, 0.5) is 0 Å². The third-order valence-electron chi connectivity index (χ3n) is 1.17. The standard InChI is InChI=1S/C7H12O2S2/c1-5(4-7(10)11)2-3-6(8)9/h4,7,10-11H,2-3H2,1H3,(H,8,9). The van der Waals surface area contributed by atoms with Crippen molar-refractivity contribution in [1.82, 2.24) is 0 Å². The fourth-order valence-electron chi connectivity index (χ4n) is 0.642. The van der Waals surface area contributed by atoms with Gasteiger partial charge in [0, 0.05) is 6.42 Å². The van der Waals surface area contributed by atoms with Crippen molar-refractivity contribution in [1.29, 1.82) is 0 Å². The summed E-state index contributed by atoms with van der Waals surface area (Å²) in [5.74, 6) is -0.771. The van der Waals surface area contributed by atoms with Gasteiger partial charge in [-0.05, 0) is 13.3 Å². The number of hydrogen-bond donors (Lipinski definition) is 3. The molecule has 0 aliphatic rings. The lowest BCUT2D eigenvalue weighted by Crippen LogP contribution is -1.94. The predicted octanol–water partition coefficient (Wildman–Crippen LogP) is 1.98. The maximum atomic E-state index is 10.1. The second-order valence-electron chi connectivity index (χ2n) is 2.32. The molecule has 0 radical (unpaired) electrons. The molecule has 0 spiro atoms. The van der Waals surface area contributed by atoms with E-state index in [9.17, 15) is 4.79 Å². The number of carbonyl (C=O) groups is 1. The highest BCUT2D eigenvalue weighted by molar-refractivity contribution is 7.99. The monoisotopic (exact) mass is 192 g/mol. The minimum Gasteiger partial charge on any atom is -0.481 e. The molecule has 4 heteroatoms. The third-order valence-corrected chi connectivity index (χ3v) is 1.46. The lowest BCUT2D eigenvalue weighted by molar-refractivity contribution is -0.136. The zero-order valence-electron chi connectivity index (χ0n) is 6.32. The third kappa shape index (κ3) is 7.81. The van der Waals surface area contributed by atoms with E-state index in [1.807, 2.05) is 13.0 Å². The first-order valence-corrected chi connectivity index (χ1v) is 4.31. The van der Waals surface area contributed by atoms with E-state index in [0.29, 0.717) is 6.42 Å². The molecule has 0 saturated heterocycles. The van der Waals surface area contributed by atoms with Gasteiger partial charge < -0.3 is 5.11 Å². The average Bonchev–Trinajstić information content (AvgIpc) is 1.82. The Bertz CT molecular complexity index is 164. The molecular formula is C7H12O2S2. The van der Waals surface area contributed by atoms with Crippen LogP contribution in [0.5, 0.6) is 0 Å². The molecule has 0 bridgehead atoms. The minimum absolute atomic E-state index is 0.0937. The van der Waals surface area contributed by atoms with Crippen molar-refractivity contribution >= 4 is 31.2 Å². The van der Waals surface area contributed by atoms with Gasteiger partial charge in [-0.15, -0.1) is 0 Å². The van der Waals surface area contributed by atoms with Gasteiger partial charge >= 0.3 is 5.97 Å². The van der Waals surface area contributed by atoms with Crippen LogP contribution in [0.15, 0.2) is 11.6 Å². The fraction of sp³-hybridized carbons (Fsp3) is 0.571. The minimum atomic E-state index is -0.771. The molecule has 0 rings (SSSR count). The summed E-state index contributed by atoms with van der Waals surface area (Å²) in [6, 6.07) is 0. The highest BCUT2D eigenvalue weighted by Gasteiger charge is 1.98. The molecule has 0 atom stereocenters. The molecule has 0 unspecified atom stereocenters. The maximum absolute atomic E-state index is 10.1. The van der Waals surface area contributed by atoms with E-state index in [1.54, 1.807) is 0 Å². The van der Waals surface area contributed by atoms with E-state index in [0.717, 1.165) is 5.57 Å². The molecule has 0 fully saturated rings. The lowest BCUT2D eigenvalue weighted by Gasteiger charge is -1.99. The molecule has 0 aromatic rings. The highest BCUT2D eigenvalue weighted by atomic mass is 32.2. The molecule has 11 heavy (non-hydrogen) atoms. The number of carboxylic acid groups (broad SMARTS) is 1. The van der Waals surface area contributed by atoms with Crippen molar-refractivity contribution in [3.05, 3.63) is 11.6 Å². The number of thiol groups is 2. The van der Waals surface area contributed by atoms with Crippen LogP contribution in [0.25, 0.3) is 0 Å². The first kappa shape index (κ1) is 10.9. The molecular weight excluding hydrogens is 180 g/mol. The van der Waals surface area contributed by atoms with Gasteiger partial charge in [0.05, 0.1) is 4.58 Å². The predicted molar refractivity (Wildman–Crippen MR) is 52.4 cm³/mol. The number of rotatable bonds is 4. The number of carboxylic acids is 1. The summed E-state index contributed by atoms with van der Waals surface area (Å²) in [5.41, 5.74) is 1.02. The Hall–Kier alpha value is -0.0900. The quantitative estimate of drug-likeness (QED) is 0.362. The van der Waals surface area contributed by atoms with E-state index in [4.69, 9.17) is 5.11 Å². The normalized spacial score (nSPS) is 12.2. The van der Waals surface area contributed by atoms with Crippen LogP contribution in [0, 0.1) is 0 Å². The van der Waals surface area contributed by atoms with E-state index in [-0.39, 0.29) is 11.0 Å². The second kappa shape index (κ2) is 5.55. The second-order valence-corrected chi connectivity index (χ2v) is 3.84. The van der Waals surface area contributed by atoms with E-state index in [2.05, 4.69) is 25.3 Å². The maximum Gasteiger partial charge on any atom is 0.303 e. The van der Waals surface area contributed by atoms with Crippen LogP contribution in [-0.4, -0.2) is 15.7 Å². The topological polar surface area (TPSA) is 37.3 Å². The van der Waals surface area contributed by atoms with E-state index < -0.39 is 5.97 Å². The van der Waals surface area contributed by atoms with Crippen molar-refractivity contribution in [2.24, 2.45) is 0 Å². The van der Waals surface area contributed by atoms with Gasteiger partial charge in [-0.3, -0.25) is 4.79 Å². The van der Waals surface area contributed by atoms with E-state index in [1.165, 1.54) is 0 Å². The van der Waals surface area contributed by atoms with Gasteiger partial charge in [0.2, 0.25) is 0 Å². The Morgan fingerprint density at radius 1 is 1.55 bits per heavy atom. The van der Waals surface area contributed by atoms with Crippen LogP contribution >= 0.6 is 25.3 Å². The molecule has 64 valence electrons. The zero-order valence-corrected chi connectivity index (χ0v) is 8.11. The molecule has 0 heterocycles. The van der Waals surface area contributed by atoms with Gasteiger partial charge in [0.25, 0.3) is 0 Å². The summed E-state index contributed by atoms with van der Waals surface area (Å²) in [7, 11) is 0. The molecule has 0 aromatic carbocycles. The van der Waals surface area contributed by atoms with Crippen LogP contribution < -0.4 is 0 Å². The van der Waals surface area contributed by atoms with Crippen molar-refractivity contribution in [3.8, 4) is 0 Å². The Labute approximate surface area is 77.5 Å². The SMILES string of the molecule is CC(=CC(S)S)CCC(=O)O. The largest absolute Gasteiger partial charge is 0.481 e. The summed E-state index contributed by atoms with van der Waals surface area (Å²) in [4.78, 5) is 10.1. The molecule has 2 nitrogen and oxygen atoms in total. The van der Waals surface area contributed by atoms with E-state index >= 15 is 0 Å². The molecule has 0 aliphatic carbocycles. The van der Waals surface area contributed by atoms with Gasteiger partial charge in [0.15, 0.2) is 0 Å². The van der Waals surface area contributed by atoms with Crippen LogP contribution in [0.2, 0.25) is 0 Å². The molecule has 0 saturated carbocycles. The summed E-state index contributed by atoms with van der Waals surface area (Å²) in [6.07, 6.45) is 2.58. The Kier molecular flexibility index (Phi) is 5.50. The smallest absolute Gasteiger partial charge is 0.303 e. The van der Waals surface area contributed by atoms with Crippen molar-refractivity contribution in [2.75, 3.05) is 0 Å². The number of hydrogen-bond acceptors (Lipinski definition) is 3.